The predicted octanol–water partition coefficient (Wildman–Crippen LogP) is 2.44. The van der Waals surface area contributed by atoms with E-state index in [2.05, 4.69) is 11.4 Å². The first-order chi connectivity index (χ1) is 5.43. The Morgan fingerprint density at radius 1 is 1.45 bits per heavy atom. The van der Waals surface area contributed by atoms with E-state index < -0.39 is 0 Å². The van der Waals surface area contributed by atoms with E-state index in [1.807, 2.05) is 18.2 Å². The van der Waals surface area contributed by atoms with Crippen LogP contribution in [0.4, 0.5) is 0 Å². The second-order valence-electron chi connectivity index (χ2n) is 2.16. The third-order valence-corrected chi connectivity index (χ3v) is 2.20. The van der Waals surface area contributed by atoms with Crippen molar-refractivity contribution in [2.45, 2.75) is 12.8 Å². The van der Waals surface area contributed by atoms with Gasteiger partial charge in [0.15, 0.2) is 0 Å². The molecule has 0 saturated heterocycles. The van der Waals surface area contributed by atoms with Gasteiger partial charge in [0, 0.05) is 11.3 Å². The van der Waals surface area contributed by atoms with Crippen LogP contribution < -0.4 is 0 Å². The Morgan fingerprint density at radius 3 is 3.00 bits per heavy atom. The van der Waals surface area contributed by atoms with E-state index >= 15 is 0 Å². The Bertz CT molecular complexity index is 224. The Labute approximate surface area is 70.4 Å². The van der Waals surface area contributed by atoms with Gasteiger partial charge in [-0.1, -0.05) is 18.2 Å². The summed E-state index contributed by atoms with van der Waals surface area (Å²) < 4.78 is 0. The van der Waals surface area contributed by atoms with Crippen LogP contribution in [0.1, 0.15) is 11.3 Å². The largest absolute Gasteiger partial charge is 0.303 e. The van der Waals surface area contributed by atoms with Crippen LogP contribution in [0.25, 0.3) is 0 Å². The number of hydrogen-bond donors (Lipinski definition) is 0. The second-order valence-corrected chi connectivity index (χ2v) is 3.19. The minimum Gasteiger partial charge on any atom is -0.303 e. The molecule has 1 aromatic rings. The smallest absolute Gasteiger partial charge is 0.123 e. The zero-order chi connectivity index (χ0) is 7.94. The van der Waals surface area contributed by atoms with E-state index in [9.17, 15) is 4.79 Å². The van der Waals surface area contributed by atoms with E-state index in [0.29, 0.717) is 6.42 Å². The van der Waals surface area contributed by atoms with Gasteiger partial charge in [0.25, 0.3) is 0 Å². The van der Waals surface area contributed by atoms with Crippen LogP contribution in [0.15, 0.2) is 29.7 Å². The molecule has 0 bridgehead atoms. The van der Waals surface area contributed by atoms with Crippen molar-refractivity contribution < 1.29 is 4.79 Å². The average Bonchev–Trinajstić information content (AvgIpc) is 2.50. The van der Waals surface area contributed by atoms with Crippen molar-refractivity contribution in [3.05, 3.63) is 34.5 Å². The lowest BCUT2D eigenvalue weighted by Crippen LogP contribution is -1.72. The lowest BCUT2D eigenvalue weighted by atomic mass is 10.3. The van der Waals surface area contributed by atoms with Crippen molar-refractivity contribution >= 4 is 17.6 Å². The van der Waals surface area contributed by atoms with E-state index in [1.54, 1.807) is 11.3 Å². The van der Waals surface area contributed by atoms with Crippen molar-refractivity contribution in [2.24, 2.45) is 0 Å². The standard InChI is InChI=1S/C9H10OS/c10-7-3-1-2-5-9-6-4-8-11-9/h1-2,4,6-8H,3,5H2/b2-1-. The molecule has 0 N–H and O–H groups in total. The highest BCUT2D eigenvalue weighted by Crippen LogP contribution is 2.09. The molecule has 1 rings (SSSR count). The van der Waals surface area contributed by atoms with E-state index in [4.69, 9.17) is 0 Å². The second kappa shape index (κ2) is 4.85. The zero-order valence-corrected chi connectivity index (χ0v) is 7.01. The van der Waals surface area contributed by atoms with Gasteiger partial charge < -0.3 is 4.79 Å². The van der Waals surface area contributed by atoms with Crippen molar-refractivity contribution in [1.82, 2.24) is 0 Å². The normalized spacial score (nSPS) is 10.5. The third kappa shape index (κ3) is 3.14. The van der Waals surface area contributed by atoms with Crippen LogP contribution in [0.5, 0.6) is 0 Å². The Kier molecular flexibility index (Phi) is 3.62. The molecular weight excluding hydrogens is 156 g/mol. The minimum absolute atomic E-state index is 0.533. The van der Waals surface area contributed by atoms with Gasteiger partial charge in [0.1, 0.15) is 6.29 Å². The summed E-state index contributed by atoms with van der Waals surface area (Å²) in [4.78, 5) is 11.3. The predicted molar refractivity (Wildman–Crippen MR) is 47.8 cm³/mol. The van der Waals surface area contributed by atoms with Crippen molar-refractivity contribution in [3.63, 3.8) is 0 Å². The molecule has 0 atom stereocenters. The fourth-order valence-electron chi connectivity index (χ4n) is 0.780. The van der Waals surface area contributed by atoms with Gasteiger partial charge >= 0.3 is 0 Å². The molecule has 0 amide bonds. The van der Waals surface area contributed by atoms with E-state index in [-0.39, 0.29) is 0 Å². The highest BCUT2D eigenvalue weighted by atomic mass is 32.1. The molecule has 0 aliphatic rings. The SMILES string of the molecule is O=CC/C=C\Cc1cccs1. The van der Waals surface area contributed by atoms with Crippen molar-refractivity contribution in [2.75, 3.05) is 0 Å². The van der Waals surface area contributed by atoms with Gasteiger partial charge in [-0.3, -0.25) is 0 Å². The number of hydrogen-bond acceptors (Lipinski definition) is 2. The minimum atomic E-state index is 0.533. The molecular formula is C9H10OS. The van der Waals surface area contributed by atoms with Crippen molar-refractivity contribution in [1.29, 1.82) is 0 Å². The lowest BCUT2D eigenvalue weighted by Gasteiger charge is -1.84. The van der Waals surface area contributed by atoms with E-state index in [1.165, 1.54) is 4.88 Å². The highest BCUT2D eigenvalue weighted by Gasteiger charge is 1.86. The average molecular weight is 166 g/mol. The summed E-state index contributed by atoms with van der Waals surface area (Å²) in [7, 11) is 0. The molecule has 0 fully saturated rings. The van der Waals surface area contributed by atoms with Crippen LogP contribution in [0.2, 0.25) is 0 Å². The molecule has 58 valence electrons. The number of rotatable bonds is 4. The maximum atomic E-state index is 9.92. The quantitative estimate of drug-likeness (QED) is 0.496. The molecule has 0 saturated carbocycles. The van der Waals surface area contributed by atoms with Crippen LogP contribution in [0.3, 0.4) is 0 Å². The number of thiophene rings is 1. The Balaban J connectivity index is 2.28. The van der Waals surface area contributed by atoms with Crippen LogP contribution >= 0.6 is 11.3 Å². The number of carbonyl (C=O) groups excluding carboxylic acids is 1. The monoisotopic (exact) mass is 166 g/mol. The number of aldehydes is 1. The van der Waals surface area contributed by atoms with Crippen LogP contribution in [0, 0.1) is 0 Å². The summed E-state index contributed by atoms with van der Waals surface area (Å²) in [5, 5.41) is 2.06. The van der Waals surface area contributed by atoms with Crippen LogP contribution in [-0.4, -0.2) is 6.29 Å². The molecule has 0 aliphatic carbocycles. The van der Waals surface area contributed by atoms with Gasteiger partial charge in [-0.25, -0.2) is 0 Å². The Hall–Kier alpha value is -0.890. The third-order valence-electron chi connectivity index (χ3n) is 1.30. The molecule has 1 heterocycles. The molecule has 0 spiro atoms. The molecule has 0 radical (unpaired) electrons. The van der Waals surface area contributed by atoms with Gasteiger partial charge in [0.2, 0.25) is 0 Å². The van der Waals surface area contributed by atoms with Gasteiger partial charge in [0.05, 0.1) is 0 Å². The van der Waals surface area contributed by atoms with Crippen LogP contribution in [-0.2, 0) is 11.2 Å². The summed E-state index contributed by atoms with van der Waals surface area (Å²) >= 11 is 1.74. The summed E-state index contributed by atoms with van der Waals surface area (Å²) in [5.41, 5.74) is 0. The van der Waals surface area contributed by atoms with Gasteiger partial charge in [-0.15, -0.1) is 11.3 Å². The summed E-state index contributed by atoms with van der Waals surface area (Å²) in [5.74, 6) is 0. The molecule has 0 unspecified atom stereocenters. The topological polar surface area (TPSA) is 17.1 Å². The maximum absolute atomic E-state index is 9.92. The first kappa shape index (κ1) is 8.21. The molecule has 1 nitrogen and oxygen atoms in total. The number of carbonyl (C=O) groups is 1. The zero-order valence-electron chi connectivity index (χ0n) is 6.19. The summed E-state index contributed by atoms with van der Waals surface area (Å²) in [6, 6.07) is 4.13. The highest BCUT2D eigenvalue weighted by molar-refractivity contribution is 7.09. The lowest BCUT2D eigenvalue weighted by molar-refractivity contribution is -0.107. The fraction of sp³-hybridized carbons (Fsp3) is 0.222. The number of allylic oxidation sites excluding steroid dienone is 2. The van der Waals surface area contributed by atoms with Crippen molar-refractivity contribution in [3.8, 4) is 0 Å². The molecule has 1 aromatic heterocycles. The van der Waals surface area contributed by atoms with E-state index in [0.717, 1.165) is 12.7 Å². The molecule has 0 aromatic carbocycles. The Morgan fingerprint density at radius 2 is 2.36 bits per heavy atom. The summed E-state index contributed by atoms with van der Waals surface area (Å²) in [6.07, 6.45) is 6.31. The first-order valence-corrected chi connectivity index (χ1v) is 4.42. The summed E-state index contributed by atoms with van der Waals surface area (Å²) in [6.45, 7) is 0. The molecule has 2 heteroatoms. The first-order valence-electron chi connectivity index (χ1n) is 3.54. The molecule has 11 heavy (non-hydrogen) atoms. The fourth-order valence-corrected chi connectivity index (χ4v) is 1.46. The molecule has 0 aliphatic heterocycles. The van der Waals surface area contributed by atoms with Gasteiger partial charge in [-0.2, -0.15) is 0 Å². The van der Waals surface area contributed by atoms with Gasteiger partial charge in [-0.05, 0) is 17.9 Å². The maximum Gasteiger partial charge on any atom is 0.123 e.